The number of aliphatic hydroxyl groups excluding tert-OH is 1. The number of benzene rings is 2. The second kappa shape index (κ2) is 8.66. The summed E-state index contributed by atoms with van der Waals surface area (Å²) in [5.74, 6) is 1.10. The van der Waals surface area contributed by atoms with Crippen LogP contribution in [0.1, 0.15) is 56.6 Å². The van der Waals surface area contributed by atoms with Gasteiger partial charge in [0.05, 0.1) is 13.2 Å². The molecule has 1 aliphatic rings. The first-order valence-electron chi connectivity index (χ1n) is 9.79. The first kappa shape index (κ1) is 20.2. The van der Waals surface area contributed by atoms with Gasteiger partial charge in [-0.25, -0.2) is 4.39 Å². The molecule has 1 unspecified atom stereocenters. The summed E-state index contributed by atoms with van der Waals surface area (Å²) in [7, 11) is 1.65. The molecule has 0 saturated carbocycles. The Morgan fingerprint density at radius 1 is 1.22 bits per heavy atom. The molecule has 1 heterocycles. The third kappa shape index (κ3) is 4.02. The summed E-state index contributed by atoms with van der Waals surface area (Å²) < 4.78 is 19.5. The van der Waals surface area contributed by atoms with Crippen molar-refractivity contribution in [1.29, 1.82) is 0 Å². The molecule has 2 aromatic carbocycles. The lowest BCUT2D eigenvalue weighted by Crippen LogP contribution is -2.40. The van der Waals surface area contributed by atoms with Gasteiger partial charge in [0.2, 0.25) is 0 Å². The normalized spacial score (nSPS) is 24.9. The monoisotopic (exact) mass is 388 g/mol. The van der Waals surface area contributed by atoms with Crippen molar-refractivity contribution >= 4 is 11.8 Å². The highest BCUT2D eigenvalue weighted by Gasteiger charge is 2.44. The van der Waals surface area contributed by atoms with E-state index in [1.807, 2.05) is 30.0 Å². The highest BCUT2D eigenvalue weighted by Crippen LogP contribution is 2.51. The van der Waals surface area contributed by atoms with E-state index in [-0.39, 0.29) is 17.2 Å². The van der Waals surface area contributed by atoms with Crippen molar-refractivity contribution < 1.29 is 14.2 Å². The molecule has 3 atom stereocenters. The van der Waals surface area contributed by atoms with Crippen molar-refractivity contribution in [2.45, 2.75) is 56.4 Å². The van der Waals surface area contributed by atoms with Gasteiger partial charge in [-0.1, -0.05) is 38.8 Å². The third-order valence-electron chi connectivity index (χ3n) is 5.95. The minimum Gasteiger partial charge on any atom is -0.497 e. The second-order valence-electron chi connectivity index (χ2n) is 7.49. The first-order chi connectivity index (χ1) is 13.0. The summed E-state index contributed by atoms with van der Waals surface area (Å²) in [5, 5.41) is 11.7. The predicted octanol–water partition coefficient (Wildman–Crippen LogP) is 6.02. The number of hydrogen-bond acceptors (Lipinski definition) is 3. The minimum absolute atomic E-state index is 0.191. The minimum atomic E-state index is -0.572. The maximum absolute atomic E-state index is 14.0. The molecule has 0 bridgehead atoms. The molecule has 0 saturated heterocycles. The molecule has 1 aliphatic heterocycles. The molecule has 2 nitrogen and oxygen atoms in total. The predicted molar refractivity (Wildman–Crippen MR) is 110 cm³/mol. The molecule has 0 spiro atoms. The second-order valence-corrected chi connectivity index (χ2v) is 8.51. The van der Waals surface area contributed by atoms with Gasteiger partial charge in [0.1, 0.15) is 11.6 Å². The lowest BCUT2D eigenvalue weighted by atomic mass is 9.69. The van der Waals surface area contributed by atoms with Crippen LogP contribution in [-0.2, 0) is 0 Å². The van der Waals surface area contributed by atoms with E-state index in [1.54, 1.807) is 19.2 Å². The molecule has 0 radical (unpaired) electrons. The van der Waals surface area contributed by atoms with Crippen LogP contribution in [0.25, 0.3) is 0 Å². The van der Waals surface area contributed by atoms with Gasteiger partial charge in [0.15, 0.2) is 0 Å². The van der Waals surface area contributed by atoms with Crippen molar-refractivity contribution in [2.24, 2.45) is 5.41 Å². The zero-order chi connectivity index (χ0) is 19.4. The summed E-state index contributed by atoms with van der Waals surface area (Å²) >= 11 is 1.81. The first-order valence-corrected chi connectivity index (χ1v) is 10.8. The van der Waals surface area contributed by atoms with Crippen LogP contribution in [-0.4, -0.2) is 24.1 Å². The third-order valence-corrected chi connectivity index (χ3v) is 7.35. The fourth-order valence-corrected chi connectivity index (χ4v) is 5.64. The number of ether oxygens (including phenoxy) is 1. The van der Waals surface area contributed by atoms with Crippen molar-refractivity contribution in [1.82, 2.24) is 0 Å². The van der Waals surface area contributed by atoms with Crippen LogP contribution in [0.2, 0.25) is 0 Å². The van der Waals surface area contributed by atoms with Gasteiger partial charge in [-0.3, -0.25) is 0 Å². The van der Waals surface area contributed by atoms with Crippen LogP contribution >= 0.6 is 11.8 Å². The smallest absolute Gasteiger partial charge is 0.123 e. The lowest BCUT2D eigenvalue weighted by Gasteiger charge is -2.39. The van der Waals surface area contributed by atoms with E-state index in [0.717, 1.165) is 53.2 Å². The Morgan fingerprint density at radius 2 is 2.04 bits per heavy atom. The maximum atomic E-state index is 14.0. The van der Waals surface area contributed by atoms with Crippen LogP contribution in [0.3, 0.4) is 0 Å². The number of aliphatic hydroxyl groups is 1. The van der Waals surface area contributed by atoms with E-state index in [9.17, 15) is 9.50 Å². The number of unbranched alkanes of at least 4 members (excludes halogenated alkanes) is 1. The van der Waals surface area contributed by atoms with E-state index < -0.39 is 6.10 Å². The Balaban J connectivity index is 2.16. The quantitative estimate of drug-likeness (QED) is 0.656. The van der Waals surface area contributed by atoms with E-state index in [1.165, 1.54) is 6.07 Å². The van der Waals surface area contributed by atoms with Crippen LogP contribution in [0, 0.1) is 11.2 Å². The molecule has 3 rings (SSSR count). The Kier molecular flexibility index (Phi) is 6.48. The van der Waals surface area contributed by atoms with Gasteiger partial charge >= 0.3 is 0 Å². The van der Waals surface area contributed by atoms with Crippen molar-refractivity contribution in [3.8, 4) is 5.75 Å². The molecular formula is C23H29FO2S. The van der Waals surface area contributed by atoms with Crippen LogP contribution < -0.4 is 4.74 Å². The molecule has 27 heavy (non-hydrogen) atoms. The van der Waals surface area contributed by atoms with Crippen LogP contribution in [0.5, 0.6) is 5.75 Å². The van der Waals surface area contributed by atoms with Gasteiger partial charge in [0.25, 0.3) is 0 Å². The number of rotatable bonds is 6. The zero-order valence-corrected chi connectivity index (χ0v) is 17.2. The average Bonchev–Trinajstić information content (AvgIpc) is 2.80. The number of halogens is 1. The Labute approximate surface area is 166 Å². The molecule has 4 heteroatoms. The molecule has 1 N–H and O–H groups in total. The van der Waals surface area contributed by atoms with Crippen LogP contribution in [0.4, 0.5) is 4.39 Å². The molecule has 146 valence electrons. The zero-order valence-electron chi connectivity index (χ0n) is 16.4. The Morgan fingerprint density at radius 3 is 2.70 bits per heavy atom. The largest absolute Gasteiger partial charge is 0.497 e. The summed E-state index contributed by atoms with van der Waals surface area (Å²) in [4.78, 5) is 1.15. The van der Waals surface area contributed by atoms with Gasteiger partial charge in [-0.05, 0) is 54.3 Å². The molecule has 0 aromatic heterocycles. The van der Waals surface area contributed by atoms with Gasteiger partial charge < -0.3 is 9.84 Å². The number of methoxy groups -OCH3 is 1. The molecule has 0 aliphatic carbocycles. The van der Waals surface area contributed by atoms with Crippen molar-refractivity contribution in [3.63, 3.8) is 0 Å². The highest BCUT2D eigenvalue weighted by molar-refractivity contribution is 7.99. The van der Waals surface area contributed by atoms with E-state index >= 15 is 0 Å². The summed E-state index contributed by atoms with van der Waals surface area (Å²) in [5.41, 5.74) is 1.67. The van der Waals surface area contributed by atoms with Gasteiger partial charge in [-0.15, -0.1) is 11.8 Å². The summed E-state index contributed by atoms with van der Waals surface area (Å²) in [6, 6.07) is 12.7. The highest BCUT2D eigenvalue weighted by atomic mass is 32.2. The topological polar surface area (TPSA) is 29.5 Å². The van der Waals surface area contributed by atoms with Gasteiger partial charge in [-0.2, -0.15) is 0 Å². The van der Waals surface area contributed by atoms with E-state index in [4.69, 9.17) is 4.74 Å². The molecule has 0 amide bonds. The van der Waals surface area contributed by atoms with E-state index in [0.29, 0.717) is 0 Å². The van der Waals surface area contributed by atoms with Crippen LogP contribution in [0.15, 0.2) is 47.4 Å². The average molecular weight is 389 g/mol. The fraction of sp³-hybridized carbons (Fsp3) is 0.478. The number of thioether (sulfide) groups is 1. The summed E-state index contributed by atoms with van der Waals surface area (Å²) in [6.45, 7) is 4.35. The van der Waals surface area contributed by atoms with Gasteiger partial charge in [0, 0.05) is 22.0 Å². The Hall–Kier alpha value is -1.52. The number of fused-ring (bicyclic) bond motifs is 1. The molecular weight excluding hydrogens is 359 g/mol. The Bertz CT molecular complexity index is 779. The standard InChI is InChI=1S/C23H29FO2S/c1-4-6-12-23(5-2)15-27-20-11-10-18(26-3)14-19(20)21(22(23)25)16-8-7-9-17(24)13-16/h7-11,13-14,21-22,25H,4-6,12,15H2,1-3H3/t21-,22?,23-/m1/s1. The summed E-state index contributed by atoms with van der Waals surface area (Å²) in [6.07, 6.45) is 3.49. The fourth-order valence-electron chi connectivity index (χ4n) is 4.16. The van der Waals surface area contributed by atoms with Crippen molar-refractivity contribution in [3.05, 3.63) is 59.4 Å². The lowest BCUT2D eigenvalue weighted by molar-refractivity contribution is 0.0182. The molecule has 0 fully saturated rings. The maximum Gasteiger partial charge on any atom is 0.123 e. The van der Waals surface area contributed by atoms with Crippen molar-refractivity contribution in [2.75, 3.05) is 12.9 Å². The number of hydrogen-bond donors (Lipinski definition) is 1. The van der Waals surface area contributed by atoms with E-state index in [2.05, 4.69) is 19.9 Å². The SMILES string of the molecule is CCCC[C@]1(CC)CSc2ccc(OC)cc2[C@@H](c2cccc(F)c2)C1O. The molecule has 2 aromatic rings.